The molecule has 33 heavy (non-hydrogen) atoms. The quantitative estimate of drug-likeness (QED) is 0.567. The van der Waals surface area contributed by atoms with Crippen LogP contribution in [0.1, 0.15) is 29.8 Å². The van der Waals surface area contributed by atoms with E-state index in [4.69, 9.17) is 4.74 Å². The molecular weight excluding hydrogens is 419 g/mol. The standard InChI is InChI=1S/C26H29FN4O2/c1-18-25(19(2)31(29-18)23-6-4-20(27)5-7-23)12-13-26(32)28-21-14-16-30(17-15-21)22-8-10-24(33-3)11-9-22/h4-13,21H,14-17H2,1-3H3,(H,28,32)/b13-12+. The highest BCUT2D eigenvalue weighted by atomic mass is 19.1. The summed E-state index contributed by atoms with van der Waals surface area (Å²) in [7, 11) is 1.66. The van der Waals surface area contributed by atoms with Crippen molar-refractivity contribution >= 4 is 17.7 Å². The zero-order valence-electron chi connectivity index (χ0n) is 19.2. The van der Waals surface area contributed by atoms with Crippen LogP contribution in [0.15, 0.2) is 54.6 Å². The van der Waals surface area contributed by atoms with Gasteiger partial charge in [-0.1, -0.05) is 0 Å². The number of anilines is 1. The molecule has 0 saturated carbocycles. The molecule has 3 aromatic rings. The van der Waals surface area contributed by atoms with Gasteiger partial charge < -0.3 is 15.0 Å². The number of benzene rings is 2. The Morgan fingerprint density at radius 1 is 1.06 bits per heavy atom. The first-order valence-electron chi connectivity index (χ1n) is 11.1. The van der Waals surface area contributed by atoms with Gasteiger partial charge in [-0.05, 0) is 81.3 Å². The largest absolute Gasteiger partial charge is 0.497 e. The molecule has 0 aliphatic carbocycles. The lowest BCUT2D eigenvalue weighted by Crippen LogP contribution is -2.44. The molecule has 0 unspecified atom stereocenters. The van der Waals surface area contributed by atoms with Gasteiger partial charge in [0.25, 0.3) is 0 Å². The van der Waals surface area contributed by atoms with E-state index in [9.17, 15) is 9.18 Å². The maximum atomic E-state index is 13.2. The summed E-state index contributed by atoms with van der Waals surface area (Å²) in [6.07, 6.45) is 5.17. The summed E-state index contributed by atoms with van der Waals surface area (Å²) in [6.45, 7) is 5.63. The minimum Gasteiger partial charge on any atom is -0.497 e. The van der Waals surface area contributed by atoms with Crippen LogP contribution in [0.4, 0.5) is 10.1 Å². The van der Waals surface area contributed by atoms with Crippen LogP contribution in [0.5, 0.6) is 5.75 Å². The zero-order valence-corrected chi connectivity index (χ0v) is 19.2. The second-order valence-corrected chi connectivity index (χ2v) is 8.27. The Morgan fingerprint density at radius 3 is 2.33 bits per heavy atom. The van der Waals surface area contributed by atoms with Crippen LogP contribution in [-0.4, -0.2) is 41.9 Å². The number of aryl methyl sites for hydroxylation is 1. The molecule has 0 radical (unpaired) electrons. The summed E-state index contributed by atoms with van der Waals surface area (Å²) >= 11 is 0. The first-order valence-corrected chi connectivity index (χ1v) is 11.1. The number of nitrogens with zero attached hydrogens (tertiary/aromatic N) is 3. The molecule has 0 atom stereocenters. The van der Waals surface area contributed by atoms with Crippen molar-refractivity contribution in [3.63, 3.8) is 0 Å². The van der Waals surface area contributed by atoms with Crippen molar-refractivity contribution in [3.05, 3.63) is 77.4 Å². The normalized spacial score (nSPS) is 14.6. The highest BCUT2D eigenvalue weighted by molar-refractivity contribution is 5.92. The molecule has 1 amide bonds. The van der Waals surface area contributed by atoms with E-state index in [1.54, 1.807) is 36.1 Å². The van der Waals surface area contributed by atoms with Crippen molar-refractivity contribution in [2.45, 2.75) is 32.7 Å². The van der Waals surface area contributed by atoms with Gasteiger partial charge in [0, 0.05) is 42.2 Å². The first-order chi connectivity index (χ1) is 15.9. The monoisotopic (exact) mass is 448 g/mol. The van der Waals surface area contributed by atoms with E-state index < -0.39 is 0 Å². The van der Waals surface area contributed by atoms with Crippen molar-refractivity contribution in [2.75, 3.05) is 25.1 Å². The van der Waals surface area contributed by atoms with E-state index >= 15 is 0 Å². The molecule has 0 spiro atoms. The smallest absolute Gasteiger partial charge is 0.244 e. The second kappa shape index (κ2) is 9.90. The minimum absolute atomic E-state index is 0.105. The fourth-order valence-electron chi connectivity index (χ4n) is 4.21. The Bertz CT molecular complexity index is 1130. The maximum absolute atomic E-state index is 13.2. The summed E-state index contributed by atoms with van der Waals surface area (Å²) in [5.74, 6) is 0.458. The number of halogens is 1. The molecule has 0 bridgehead atoms. The Morgan fingerprint density at radius 2 is 1.70 bits per heavy atom. The van der Waals surface area contributed by atoms with E-state index in [1.165, 1.54) is 17.8 Å². The molecule has 2 heterocycles. The average Bonchev–Trinajstić information content (AvgIpc) is 3.12. The van der Waals surface area contributed by atoms with Crippen LogP contribution < -0.4 is 15.0 Å². The highest BCUT2D eigenvalue weighted by Gasteiger charge is 2.20. The fourth-order valence-corrected chi connectivity index (χ4v) is 4.21. The van der Waals surface area contributed by atoms with Gasteiger partial charge in [-0.3, -0.25) is 4.79 Å². The number of hydrogen-bond donors (Lipinski definition) is 1. The second-order valence-electron chi connectivity index (χ2n) is 8.27. The van der Waals surface area contributed by atoms with Crippen LogP contribution >= 0.6 is 0 Å². The predicted molar refractivity (Wildman–Crippen MR) is 128 cm³/mol. The Kier molecular flexibility index (Phi) is 6.77. The van der Waals surface area contributed by atoms with Crippen LogP contribution in [0, 0.1) is 19.7 Å². The van der Waals surface area contributed by atoms with Gasteiger partial charge in [0.15, 0.2) is 0 Å². The summed E-state index contributed by atoms with van der Waals surface area (Å²) in [5, 5.41) is 7.67. The van der Waals surface area contributed by atoms with Gasteiger partial charge in [0.05, 0.1) is 18.5 Å². The lowest BCUT2D eigenvalue weighted by atomic mass is 10.0. The van der Waals surface area contributed by atoms with Crippen molar-refractivity contribution in [2.24, 2.45) is 0 Å². The third-order valence-electron chi connectivity index (χ3n) is 6.10. The van der Waals surface area contributed by atoms with E-state index in [2.05, 4.69) is 27.4 Å². The maximum Gasteiger partial charge on any atom is 0.244 e. The molecule has 1 aliphatic heterocycles. The molecule has 1 aliphatic rings. The zero-order chi connectivity index (χ0) is 23.4. The van der Waals surface area contributed by atoms with Gasteiger partial charge >= 0.3 is 0 Å². The number of carbonyl (C=O) groups is 1. The number of amides is 1. The van der Waals surface area contributed by atoms with Gasteiger partial charge in [-0.25, -0.2) is 9.07 Å². The van der Waals surface area contributed by atoms with Gasteiger partial charge in [0.2, 0.25) is 5.91 Å². The molecular formula is C26H29FN4O2. The molecule has 1 N–H and O–H groups in total. The highest BCUT2D eigenvalue weighted by Crippen LogP contribution is 2.23. The van der Waals surface area contributed by atoms with Crippen LogP contribution in [0.2, 0.25) is 0 Å². The number of aromatic nitrogens is 2. The van der Waals surface area contributed by atoms with Gasteiger partial charge in [0.1, 0.15) is 11.6 Å². The fraction of sp³-hybridized carbons (Fsp3) is 0.308. The molecule has 172 valence electrons. The van der Waals surface area contributed by atoms with E-state index in [0.29, 0.717) is 0 Å². The number of carbonyl (C=O) groups excluding carboxylic acids is 1. The Labute approximate surface area is 193 Å². The summed E-state index contributed by atoms with van der Waals surface area (Å²) in [6, 6.07) is 14.4. The van der Waals surface area contributed by atoms with Crippen LogP contribution in [0.25, 0.3) is 11.8 Å². The van der Waals surface area contributed by atoms with Crippen LogP contribution in [0.3, 0.4) is 0 Å². The topological polar surface area (TPSA) is 59.4 Å². The first kappa shape index (κ1) is 22.6. The number of piperidine rings is 1. The Hall–Kier alpha value is -3.61. The molecule has 1 saturated heterocycles. The van der Waals surface area contributed by atoms with Crippen LogP contribution in [-0.2, 0) is 4.79 Å². The summed E-state index contributed by atoms with van der Waals surface area (Å²) in [5.41, 5.74) is 4.56. The number of rotatable bonds is 6. The molecule has 4 rings (SSSR count). The number of ether oxygens (including phenoxy) is 1. The number of nitrogens with one attached hydrogen (secondary N) is 1. The van der Waals surface area contributed by atoms with Crippen molar-refractivity contribution in [1.82, 2.24) is 15.1 Å². The molecule has 6 nitrogen and oxygen atoms in total. The van der Waals surface area contributed by atoms with E-state index in [1.807, 2.05) is 26.0 Å². The van der Waals surface area contributed by atoms with Crippen molar-refractivity contribution in [3.8, 4) is 11.4 Å². The van der Waals surface area contributed by atoms with E-state index in [-0.39, 0.29) is 17.8 Å². The SMILES string of the molecule is COc1ccc(N2CCC(NC(=O)/C=C/c3c(C)nn(-c4ccc(F)cc4)c3C)CC2)cc1. The number of hydrogen-bond acceptors (Lipinski definition) is 4. The molecule has 1 aromatic heterocycles. The third-order valence-corrected chi connectivity index (χ3v) is 6.10. The average molecular weight is 449 g/mol. The van der Waals surface area contributed by atoms with Gasteiger partial charge in [-0.15, -0.1) is 0 Å². The lowest BCUT2D eigenvalue weighted by Gasteiger charge is -2.33. The summed E-state index contributed by atoms with van der Waals surface area (Å²) < 4.78 is 20.2. The van der Waals surface area contributed by atoms with Crippen molar-refractivity contribution < 1.29 is 13.9 Å². The Balaban J connectivity index is 1.34. The lowest BCUT2D eigenvalue weighted by molar-refractivity contribution is -0.117. The van der Waals surface area contributed by atoms with E-state index in [0.717, 1.165) is 54.3 Å². The molecule has 7 heteroatoms. The predicted octanol–water partition coefficient (Wildman–Crippen LogP) is 4.44. The minimum atomic E-state index is -0.285. The number of methoxy groups -OCH3 is 1. The van der Waals surface area contributed by atoms with Crippen molar-refractivity contribution in [1.29, 1.82) is 0 Å². The molecule has 2 aromatic carbocycles. The summed E-state index contributed by atoms with van der Waals surface area (Å²) in [4.78, 5) is 14.9. The molecule has 1 fully saturated rings. The van der Waals surface area contributed by atoms with Gasteiger partial charge in [-0.2, -0.15) is 5.10 Å². The third kappa shape index (κ3) is 5.25.